The molecule has 2 aliphatic heterocycles. The Kier molecular flexibility index (Phi) is 3.06. The number of hydrogen-bond donors (Lipinski definition) is 0. The molecule has 2 saturated heterocycles. The summed E-state index contributed by atoms with van der Waals surface area (Å²) in [6.45, 7) is 2.10. The van der Waals surface area contributed by atoms with Crippen LogP contribution in [0.15, 0.2) is 18.2 Å². The molecule has 0 N–H and O–H groups in total. The number of benzene rings is 1. The summed E-state index contributed by atoms with van der Waals surface area (Å²) in [6.07, 6.45) is 4.87. The second kappa shape index (κ2) is 4.58. The van der Waals surface area contributed by atoms with Crippen molar-refractivity contribution in [1.29, 1.82) is 0 Å². The van der Waals surface area contributed by atoms with E-state index in [2.05, 4.69) is 17.9 Å². The van der Waals surface area contributed by atoms with Crippen LogP contribution in [0.2, 0.25) is 5.02 Å². The van der Waals surface area contributed by atoms with Crippen LogP contribution in [0, 0.1) is 6.92 Å². The first-order valence-electron chi connectivity index (χ1n) is 6.72. The topological polar surface area (TPSA) is 20.3 Å². The maximum Gasteiger partial charge on any atom is 0.137 e. The van der Waals surface area contributed by atoms with Gasteiger partial charge in [-0.25, -0.2) is 0 Å². The summed E-state index contributed by atoms with van der Waals surface area (Å²) in [6, 6.07) is 6.78. The lowest BCUT2D eigenvalue weighted by Gasteiger charge is -2.47. The highest BCUT2D eigenvalue weighted by molar-refractivity contribution is 6.33. The molecule has 2 aliphatic rings. The number of ketones is 1. The van der Waals surface area contributed by atoms with Crippen molar-refractivity contribution in [3.05, 3.63) is 28.8 Å². The molecule has 2 unspecified atom stereocenters. The fourth-order valence-electron chi connectivity index (χ4n) is 3.49. The fraction of sp³-hybridized carbons (Fsp3) is 0.533. The maximum atomic E-state index is 11.8. The molecule has 0 radical (unpaired) electrons. The third-order valence-corrected chi connectivity index (χ3v) is 4.54. The van der Waals surface area contributed by atoms with Gasteiger partial charge in [-0.1, -0.05) is 23.7 Å². The molecule has 3 rings (SSSR count). The molecule has 0 saturated carbocycles. The molecule has 0 amide bonds. The van der Waals surface area contributed by atoms with E-state index in [4.69, 9.17) is 11.6 Å². The zero-order valence-corrected chi connectivity index (χ0v) is 11.4. The summed E-state index contributed by atoms with van der Waals surface area (Å²) >= 11 is 6.38. The van der Waals surface area contributed by atoms with Gasteiger partial charge in [-0.2, -0.15) is 0 Å². The minimum absolute atomic E-state index is 0.364. The van der Waals surface area contributed by atoms with Gasteiger partial charge in [0.05, 0.1) is 10.7 Å². The molecule has 1 aromatic rings. The van der Waals surface area contributed by atoms with Crippen LogP contribution in [0.3, 0.4) is 0 Å². The van der Waals surface area contributed by atoms with Gasteiger partial charge in [-0.15, -0.1) is 0 Å². The Morgan fingerprint density at radius 3 is 2.50 bits per heavy atom. The molecule has 2 heterocycles. The minimum Gasteiger partial charge on any atom is -0.363 e. The number of halogens is 1. The zero-order chi connectivity index (χ0) is 12.7. The quantitative estimate of drug-likeness (QED) is 0.769. The van der Waals surface area contributed by atoms with Crippen molar-refractivity contribution in [3.8, 4) is 0 Å². The van der Waals surface area contributed by atoms with Gasteiger partial charge >= 0.3 is 0 Å². The molecule has 2 fully saturated rings. The van der Waals surface area contributed by atoms with Gasteiger partial charge in [0.2, 0.25) is 0 Å². The Morgan fingerprint density at radius 1 is 1.22 bits per heavy atom. The molecule has 3 heteroatoms. The van der Waals surface area contributed by atoms with E-state index in [9.17, 15) is 4.79 Å². The standard InChI is InChI=1S/C15H18ClNO/c1-10-4-2-7-14(16)15(10)17-11-5-3-6-12(17)9-13(18)8-11/h2,4,7,11-12H,3,5-6,8-9H2,1H3. The Labute approximate surface area is 113 Å². The van der Waals surface area contributed by atoms with E-state index in [0.717, 1.165) is 23.6 Å². The van der Waals surface area contributed by atoms with Crippen LogP contribution in [0.5, 0.6) is 0 Å². The highest BCUT2D eigenvalue weighted by Gasteiger charge is 2.38. The number of carbonyl (C=O) groups is 1. The van der Waals surface area contributed by atoms with E-state index in [-0.39, 0.29) is 0 Å². The van der Waals surface area contributed by atoms with E-state index < -0.39 is 0 Å². The monoisotopic (exact) mass is 263 g/mol. The van der Waals surface area contributed by atoms with Crippen LogP contribution >= 0.6 is 11.6 Å². The van der Waals surface area contributed by atoms with Gasteiger partial charge in [-0.3, -0.25) is 4.79 Å². The van der Waals surface area contributed by atoms with Crippen molar-refractivity contribution in [3.63, 3.8) is 0 Å². The Bertz CT molecular complexity index is 449. The highest BCUT2D eigenvalue weighted by atomic mass is 35.5. The van der Waals surface area contributed by atoms with Gasteiger partial charge < -0.3 is 4.90 Å². The second-order valence-corrected chi connectivity index (χ2v) is 5.91. The third kappa shape index (κ3) is 1.93. The minimum atomic E-state index is 0.364. The maximum absolute atomic E-state index is 11.8. The summed E-state index contributed by atoms with van der Waals surface area (Å²) in [5.41, 5.74) is 2.37. The number of nitrogens with zero attached hydrogens (tertiary/aromatic N) is 1. The van der Waals surface area contributed by atoms with E-state index in [1.807, 2.05) is 12.1 Å². The van der Waals surface area contributed by atoms with Crippen molar-refractivity contribution >= 4 is 23.1 Å². The Balaban J connectivity index is 2.03. The van der Waals surface area contributed by atoms with Crippen LogP contribution in [0.1, 0.15) is 37.7 Å². The molecule has 18 heavy (non-hydrogen) atoms. The van der Waals surface area contributed by atoms with Crippen molar-refractivity contribution in [2.45, 2.75) is 51.1 Å². The van der Waals surface area contributed by atoms with Gasteiger partial charge in [0, 0.05) is 24.9 Å². The average molecular weight is 264 g/mol. The Hall–Kier alpha value is -1.02. The Morgan fingerprint density at radius 2 is 1.89 bits per heavy atom. The molecule has 2 nitrogen and oxygen atoms in total. The van der Waals surface area contributed by atoms with E-state index >= 15 is 0 Å². The molecular weight excluding hydrogens is 246 g/mol. The average Bonchev–Trinajstić information content (AvgIpc) is 2.29. The zero-order valence-electron chi connectivity index (χ0n) is 10.7. The van der Waals surface area contributed by atoms with Crippen LogP contribution < -0.4 is 4.90 Å². The largest absolute Gasteiger partial charge is 0.363 e. The second-order valence-electron chi connectivity index (χ2n) is 5.50. The van der Waals surface area contributed by atoms with Crippen LogP contribution in [0.4, 0.5) is 5.69 Å². The summed E-state index contributed by atoms with van der Waals surface area (Å²) in [5.74, 6) is 0.422. The smallest absolute Gasteiger partial charge is 0.137 e. The van der Waals surface area contributed by atoms with Crippen LogP contribution in [-0.2, 0) is 4.79 Å². The van der Waals surface area contributed by atoms with E-state index in [1.165, 1.54) is 12.0 Å². The molecule has 96 valence electrons. The molecule has 1 aromatic carbocycles. The number of fused-ring (bicyclic) bond motifs is 2. The summed E-state index contributed by atoms with van der Waals surface area (Å²) in [4.78, 5) is 14.2. The lowest BCUT2D eigenvalue weighted by molar-refractivity contribution is -0.121. The van der Waals surface area contributed by atoms with Crippen molar-refractivity contribution in [1.82, 2.24) is 0 Å². The number of para-hydroxylation sites is 1. The first-order valence-corrected chi connectivity index (χ1v) is 7.10. The van der Waals surface area contributed by atoms with E-state index in [0.29, 0.717) is 30.7 Å². The number of hydrogen-bond acceptors (Lipinski definition) is 2. The van der Waals surface area contributed by atoms with Crippen LogP contribution in [0.25, 0.3) is 0 Å². The predicted octanol–water partition coefficient (Wildman–Crippen LogP) is 3.74. The lowest BCUT2D eigenvalue weighted by atomic mass is 9.83. The number of carbonyl (C=O) groups excluding carboxylic acids is 1. The molecule has 2 atom stereocenters. The number of Topliss-reactive ketones (excluding diaryl/α,β-unsaturated/α-hetero) is 1. The number of rotatable bonds is 1. The first kappa shape index (κ1) is 12.0. The summed E-state index contributed by atoms with van der Waals surface area (Å²) in [7, 11) is 0. The highest BCUT2D eigenvalue weighted by Crippen LogP contribution is 2.41. The lowest BCUT2D eigenvalue weighted by Crippen LogP contribution is -2.53. The number of piperidine rings is 2. The van der Waals surface area contributed by atoms with E-state index in [1.54, 1.807) is 0 Å². The molecule has 0 aliphatic carbocycles. The number of anilines is 1. The molecule has 0 aromatic heterocycles. The van der Waals surface area contributed by atoms with Crippen LogP contribution in [-0.4, -0.2) is 17.9 Å². The molecular formula is C15H18ClNO. The van der Waals surface area contributed by atoms with Crippen molar-refractivity contribution in [2.75, 3.05) is 4.90 Å². The number of aryl methyl sites for hydroxylation is 1. The molecule has 0 spiro atoms. The normalized spacial score (nSPS) is 27.4. The van der Waals surface area contributed by atoms with Gasteiger partial charge in [0.25, 0.3) is 0 Å². The summed E-state index contributed by atoms with van der Waals surface area (Å²) in [5, 5.41) is 0.821. The van der Waals surface area contributed by atoms with Crippen molar-refractivity contribution in [2.24, 2.45) is 0 Å². The third-order valence-electron chi connectivity index (χ3n) is 4.23. The first-order chi connectivity index (χ1) is 8.66. The molecule has 2 bridgehead atoms. The van der Waals surface area contributed by atoms with Gasteiger partial charge in [0.15, 0.2) is 0 Å². The van der Waals surface area contributed by atoms with Crippen molar-refractivity contribution < 1.29 is 4.79 Å². The predicted molar refractivity (Wildman–Crippen MR) is 74.3 cm³/mol. The SMILES string of the molecule is Cc1cccc(Cl)c1N1C2CCCC1CC(=O)C2. The van der Waals surface area contributed by atoms with Gasteiger partial charge in [0.1, 0.15) is 5.78 Å². The van der Waals surface area contributed by atoms with Gasteiger partial charge in [-0.05, 0) is 37.8 Å². The fourth-order valence-corrected chi connectivity index (χ4v) is 3.81. The summed E-state index contributed by atoms with van der Waals surface area (Å²) < 4.78 is 0.